The standard InChI is InChI=1S/C23H30N6S/c30-23(24-19-10-4-5-11-19)27-22-25-20(28-12-6-1-7-13-28)14-21(26-22)29-15-17-8-2-3-9-18(17)16-29/h2-3,8-9,14,19H,1,4-7,10-13,15-16H2,(H2,24,25,26,27,30). The molecule has 0 amide bonds. The van der Waals surface area contributed by atoms with Gasteiger partial charge in [0, 0.05) is 38.3 Å². The Labute approximate surface area is 184 Å². The molecule has 3 aliphatic rings. The average Bonchev–Trinajstić information content (AvgIpc) is 3.43. The first-order valence-electron chi connectivity index (χ1n) is 11.3. The third-order valence-electron chi connectivity index (χ3n) is 6.46. The molecule has 1 saturated heterocycles. The van der Waals surface area contributed by atoms with E-state index in [1.807, 2.05) is 0 Å². The Morgan fingerprint density at radius 1 is 0.867 bits per heavy atom. The molecule has 1 aliphatic carbocycles. The van der Waals surface area contributed by atoms with E-state index in [4.69, 9.17) is 22.2 Å². The summed E-state index contributed by atoms with van der Waals surface area (Å²) in [4.78, 5) is 14.4. The number of nitrogens with zero attached hydrogens (tertiary/aromatic N) is 4. The zero-order chi connectivity index (χ0) is 20.3. The van der Waals surface area contributed by atoms with Crippen LogP contribution in [0.1, 0.15) is 56.1 Å². The Kier molecular flexibility index (Phi) is 5.71. The van der Waals surface area contributed by atoms with Crippen LogP contribution in [-0.2, 0) is 13.1 Å². The zero-order valence-corrected chi connectivity index (χ0v) is 18.3. The van der Waals surface area contributed by atoms with Crippen molar-refractivity contribution < 1.29 is 0 Å². The van der Waals surface area contributed by atoms with Crippen molar-refractivity contribution in [2.45, 2.75) is 64.1 Å². The van der Waals surface area contributed by atoms with Crippen LogP contribution in [0.2, 0.25) is 0 Å². The molecule has 2 aromatic rings. The molecule has 6 nitrogen and oxygen atoms in total. The van der Waals surface area contributed by atoms with Crippen molar-refractivity contribution >= 4 is 34.9 Å². The van der Waals surface area contributed by atoms with Crippen molar-refractivity contribution in [2.75, 3.05) is 28.2 Å². The van der Waals surface area contributed by atoms with Gasteiger partial charge in [0.15, 0.2) is 5.11 Å². The number of piperidine rings is 1. The topological polar surface area (TPSA) is 56.3 Å². The molecule has 0 unspecified atom stereocenters. The van der Waals surface area contributed by atoms with Crippen LogP contribution < -0.4 is 20.4 Å². The number of benzene rings is 1. The Bertz CT molecular complexity index is 879. The largest absolute Gasteiger partial charge is 0.360 e. The van der Waals surface area contributed by atoms with Crippen LogP contribution in [0.15, 0.2) is 30.3 Å². The minimum atomic E-state index is 0.475. The quantitative estimate of drug-likeness (QED) is 0.716. The van der Waals surface area contributed by atoms with Crippen molar-refractivity contribution in [1.82, 2.24) is 15.3 Å². The second-order valence-electron chi connectivity index (χ2n) is 8.66. The predicted molar refractivity (Wildman–Crippen MR) is 126 cm³/mol. The smallest absolute Gasteiger partial charge is 0.232 e. The number of fused-ring (bicyclic) bond motifs is 1. The van der Waals surface area contributed by atoms with Gasteiger partial charge in [-0.15, -0.1) is 0 Å². The molecule has 0 spiro atoms. The lowest BCUT2D eigenvalue weighted by molar-refractivity contribution is 0.573. The number of hydrogen-bond donors (Lipinski definition) is 2. The number of hydrogen-bond acceptors (Lipinski definition) is 5. The lowest BCUT2D eigenvalue weighted by Crippen LogP contribution is -2.37. The van der Waals surface area contributed by atoms with Gasteiger partial charge in [-0.2, -0.15) is 9.97 Å². The summed E-state index contributed by atoms with van der Waals surface area (Å²) in [5.41, 5.74) is 2.76. The monoisotopic (exact) mass is 422 g/mol. The van der Waals surface area contributed by atoms with Crippen molar-refractivity contribution in [3.8, 4) is 0 Å². The first-order valence-corrected chi connectivity index (χ1v) is 11.7. The fraction of sp³-hybridized carbons (Fsp3) is 0.522. The molecule has 30 heavy (non-hydrogen) atoms. The summed E-state index contributed by atoms with van der Waals surface area (Å²) in [6.45, 7) is 3.88. The summed E-state index contributed by atoms with van der Waals surface area (Å²) in [6, 6.07) is 11.3. The molecule has 1 saturated carbocycles. The van der Waals surface area contributed by atoms with Gasteiger partial charge in [-0.05, 0) is 55.4 Å². The van der Waals surface area contributed by atoms with Crippen molar-refractivity contribution in [3.63, 3.8) is 0 Å². The molecular weight excluding hydrogens is 392 g/mol. The lowest BCUT2D eigenvalue weighted by Gasteiger charge is -2.29. The van der Waals surface area contributed by atoms with E-state index in [2.05, 4.69) is 50.8 Å². The molecule has 7 heteroatoms. The van der Waals surface area contributed by atoms with Crippen LogP contribution in [0.5, 0.6) is 0 Å². The molecule has 2 aliphatic heterocycles. The third-order valence-corrected chi connectivity index (χ3v) is 6.68. The van der Waals surface area contributed by atoms with E-state index in [9.17, 15) is 0 Å². The molecule has 2 fully saturated rings. The van der Waals surface area contributed by atoms with Crippen molar-refractivity contribution in [2.24, 2.45) is 0 Å². The van der Waals surface area contributed by atoms with Crippen LogP contribution in [0.25, 0.3) is 0 Å². The summed E-state index contributed by atoms with van der Waals surface area (Å²) in [5.74, 6) is 2.56. The van der Waals surface area contributed by atoms with Gasteiger partial charge in [0.1, 0.15) is 11.6 Å². The van der Waals surface area contributed by atoms with E-state index in [0.29, 0.717) is 17.1 Å². The summed E-state index contributed by atoms with van der Waals surface area (Å²) in [6.07, 6.45) is 8.68. The molecule has 0 bridgehead atoms. The number of anilines is 3. The molecular formula is C23H30N6S. The minimum Gasteiger partial charge on any atom is -0.360 e. The highest BCUT2D eigenvalue weighted by Crippen LogP contribution is 2.30. The number of aromatic nitrogens is 2. The van der Waals surface area contributed by atoms with E-state index in [1.165, 1.54) is 56.1 Å². The number of rotatable bonds is 4. The summed E-state index contributed by atoms with van der Waals surface area (Å²) < 4.78 is 0. The number of thiocarbonyl (C=S) groups is 1. The summed E-state index contributed by atoms with van der Waals surface area (Å²) >= 11 is 5.58. The Balaban J connectivity index is 1.38. The van der Waals surface area contributed by atoms with Gasteiger partial charge in [-0.3, -0.25) is 0 Å². The molecule has 0 radical (unpaired) electrons. The van der Waals surface area contributed by atoms with Gasteiger partial charge in [0.05, 0.1) is 0 Å². The van der Waals surface area contributed by atoms with Gasteiger partial charge in [-0.25, -0.2) is 0 Å². The summed E-state index contributed by atoms with van der Waals surface area (Å²) in [7, 11) is 0. The normalized spacial score (nSPS) is 19.1. The molecule has 3 heterocycles. The van der Waals surface area contributed by atoms with Gasteiger partial charge >= 0.3 is 0 Å². The minimum absolute atomic E-state index is 0.475. The molecule has 1 aromatic heterocycles. The molecule has 5 rings (SSSR count). The van der Waals surface area contributed by atoms with Crippen LogP contribution in [0.4, 0.5) is 17.6 Å². The maximum Gasteiger partial charge on any atom is 0.232 e. The first kappa shape index (κ1) is 19.5. The van der Waals surface area contributed by atoms with E-state index in [0.717, 1.165) is 37.8 Å². The lowest BCUT2D eigenvalue weighted by atomic mass is 10.1. The van der Waals surface area contributed by atoms with Crippen molar-refractivity contribution in [1.29, 1.82) is 0 Å². The Hall–Kier alpha value is -2.41. The first-order chi connectivity index (χ1) is 14.7. The van der Waals surface area contributed by atoms with Crippen LogP contribution in [-0.4, -0.2) is 34.2 Å². The molecule has 0 atom stereocenters. The van der Waals surface area contributed by atoms with Gasteiger partial charge in [0.2, 0.25) is 5.95 Å². The SMILES string of the molecule is S=C(Nc1nc(N2CCCCC2)cc(N2Cc3ccccc3C2)n1)NC1CCCC1. The van der Waals surface area contributed by atoms with Gasteiger partial charge in [0.25, 0.3) is 0 Å². The molecule has 158 valence electrons. The summed E-state index contributed by atoms with van der Waals surface area (Å²) in [5, 5.41) is 7.35. The maximum absolute atomic E-state index is 5.58. The molecule has 2 N–H and O–H groups in total. The highest BCUT2D eigenvalue weighted by atomic mass is 32.1. The van der Waals surface area contributed by atoms with Crippen LogP contribution in [0, 0.1) is 0 Å². The second kappa shape index (κ2) is 8.76. The predicted octanol–water partition coefficient (Wildman–Crippen LogP) is 4.22. The Morgan fingerprint density at radius 3 is 2.17 bits per heavy atom. The van der Waals surface area contributed by atoms with Gasteiger partial charge < -0.3 is 20.4 Å². The zero-order valence-electron chi connectivity index (χ0n) is 17.4. The molecule has 1 aromatic carbocycles. The highest BCUT2D eigenvalue weighted by Gasteiger charge is 2.23. The van der Waals surface area contributed by atoms with Crippen LogP contribution >= 0.6 is 12.2 Å². The van der Waals surface area contributed by atoms with Gasteiger partial charge in [-0.1, -0.05) is 37.1 Å². The van der Waals surface area contributed by atoms with Crippen LogP contribution in [0.3, 0.4) is 0 Å². The highest BCUT2D eigenvalue weighted by molar-refractivity contribution is 7.80. The fourth-order valence-electron chi connectivity index (χ4n) is 4.81. The average molecular weight is 423 g/mol. The maximum atomic E-state index is 5.58. The van der Waals surface area contributed by atoms with E-state index in [-0.39, 0.29) is 0 Å². The third kappa shape index (κ3) is 4.36. The Morgan fingerprint density at radius 2 is 1.50 bits per heavy atom. The second-order valence-corrected chi connectivity index (χ2v) is 9.07. The fourth-order valence-corrected chi connectivity index (χ4v) is 5.07. The van der Waals surface area contributed by atoms with E-state index in [1.54, 1.807) is 0 Å². The van der Waals surface area contributed by atoms with E-state index >= 15 is 0 Å². The number of nitrogens with one attached hydrogen (secondary N) is 2. The van der Waals surface area contributed by atoms with E-state index < -0.39 is 0 Å². The van der Waals surface area contributed by atoms with Crippen molar-refractivity contribution in [3.05, 3.63) is 41.5 Å².